The Morgan fingerprint density at radius 3 is 1.64 bits per heavy atom. The van der Waals surface area contributed by atoms with Gasteiger partial charge in [-0.05, 0) is 23.7 Å². The fraction of sp³-hybridized carbons (Fsp3) is 0. The Morgan fingerprint density at radius 1 is 1.18 bits per heavy atom. The smallest absolute Gasteiger partial charge is 0.208 e. The third kappa shape index (κ3) is 4.22. The normalized spacial score (nSPS) is 7.73. The van der Waals surface area contributed by atoms with Gasteiger partial charge in [-0.3, -0.25) is 4.79 Å². The Hall–Kier alpha value is -1.22. The molecule has 3 nitrogen and oxygen atoms in total. The molecule has 0 aliphatic heterocycles. The first-order valence-corrected chi connectivity index (χ1v) is 3.16. The Labute approximate surface area is 68.9 Å². The number of carbonyl (C=O) groups excluding carboxylic acids is 1. The van der Waals surface area contributed by atoms with Crippen LogP contribution in [0.5, 0.6) is 11.5 Å². The molecule has 1 aromatic carbocycles. The largest absolute Gasteiger partial charge is 0.504 e. The summed E-state index contributed by atoms with van der Waals surface area (Å²) in [5.74, 6) is 0.0694. The van der Waals surface area contributed by atoms with E-state index in [0.29, 0.717) is 0 Å². The third-order valence-electron chi connectivity index (χ3n) is 0.882. The summed E-state index contributed by atoms with van der Waals surface area (Å²) in [4.78, 5) is 8.57. The lowest BCUT2D eigenvalue weighted by atomic mass is 10.3. The molecule has 0 atom stereocenters. The molecule has 60 valence electrons. The zero-order valence-electron chi connectivity index (χ0n) is 5.57. The van der Waals surface area contributed by atoms with Crippen LogP contribution in [0.15, 0.2) is 24.3 Å². The molecule has 0 heterocycles. The molecule has 1 rings (SSSR count). The first-order valence-electron chi connectivity index (χ1n) is 2.73. The number of hydrogen-bond donors (Lipinski definition) is 2. The average Bonchev–Trinajstić information content (AvgIpc) is 1.97. The van der Waals surface area contributed by atoms with Crippen molar-refractivity contribution in [2.75, 3.05) is 0 Å². The summed E-state index contributed by atoms with van der Waals surface area (Å²) < 4.78 is 0. The molecule has 0 bridgehead atoms. The van der Waals surface area contributed by atoms with Crippen LogP contribution in [-0.2, 0) is 4.79 Å². The Kier molecular flexibility index (Phi) is 4.94. The molecule has 2 N–H and O–H groups in total. The molecule has 0 aliphatic carbocycles. The molecule has 0 aromatic heterocycles. The van der Waals surface area contributed by atoms with Crippen molar-refractivity contribution in [2.24, 2.45) is 0 Å². The lowest BCUT2D eigenvalue weighted by Crippen LogP contribution is -1.63. The highest BCUT2D eigenvalue weighted by molar-refractivity contribution is 6.54. The van der Waals surface area contributed by atoms with Crippen LogP contribution in [0.4, 0.5) is 0 Å². The fourth-order valence-electron chi connectivity index (χ4n) is 0.464. The number of hydrogen-bond acceptors (Lipinski definition) is 3. The number of phenols is 2. The number of para-hydroxylation sites is 2. The van der Waals surface area contributed by atoms with Crippen LogP contribution < -0.4 is 0 Å². The maximum atomic E-state index is 8.67. The van der Waals surface area contributed by atoms with Gasteiger partial charge in [-0.1, -0.05) is 12.1 Å². The Balaban J connectivity index is 0.000000292. The zero-order chi connectivity index (χ0) is 8.69. The summed E-state index contributed by atoms with van der Waals surface area (Å²) in [5.41, 5.74) is 0. The van der Waals surface area contributed by atoms with Gasteiger partial charge in [-0.15, -0.1) is 0 Å². The number of halogens is 1. The van der Waals surface area contributed by atoms with E-state index < -0.39 is 0 Å². The van der Waals surface area contributed by atoms with Gasteiger partial charge in [0, 0.05) is 0 Å². The summed E-state index contributed by atoms with van der Waals surface area (Å²) in [6.45, 7) is 0. The van der Waals surface area contributed by atoms with Gasteiger partial charge in [-0.25, -0.2) is 0 Å². The molecular formula is C7H7ClO3. The number of carbonyl (C=O) groups is 1. The van der Waals surface area contributed by atoms with Crippen LogP contribution in [0, 0.1) is 0 Å². The second-order valence-electron chi connectivity index (χ2n) is 1.58. The van der Waals surface area contributed by atoms with Crippen molar-refractivity contribution in [1.29, 1.82) is 0 Å². The van der Waals surface area contributed by atoms with Crippen molar-refractivity contribution in [3.05, 3.63) is 24.3 Å². The molecule has 0 saturated heterocycles. The van der Waals surface area contributed by atoms with E-state index in [2.05, 4.69) is 11.6 Å². The highest BCUT2D eigenvalue weighted by atomic mass is 35.5. The first kappa shape index (κ1) is 9.78. The number of phenolic OH excluding ortho intramolecular Hbond substituents is 2. The van der Waals surface area contributed by atoms with Crippen molar-refractivity contribution in [2.45, 2.75) is 0 Å². The van der Waals surface area contributed by atoms with Gasteiger partial charge in [-0.2, -0.15) is 0 Å². The summed E-state index contributed by atoms with van der Waals surface area (Å²) >= 11 is 4.32. The molecule has 0 amide bonds. The molecule has 0 saturated carbocycles. The monoisotopic (exact) mass is 174 g/mol. The summed E-state index contributed by atoms with van der Waals surface area (Å²) in [5, 5.41) is 17.3. The van der Waals surface area contributed by atoms with E-state index in [9.17, 15) is 0 Å². The second kappa shape index (κ2) is 5.56. The lowest BCUT2D eigenvalue weighted by molar-refractivity contribution is 0.404. The van der Waals surface area contributed by atoms with E-state index in [4.69, 9.17) is 15.0 Å². The number of benzene rings is 1. The molecule has 0 radical (unpaired) electrons. The second-order valence-corrected chi connectivity index (χ2v) is 1.76. The summed E-state index contributed by atoms with van der Waals surface area (Å²) in [6.07, 6.45) is 0. The van der Waals surface area contributed by atoms with Crippen LogP contribution in [0.3, 0.4) is 0 Å². The van der Waals surface area contributed by atoms with Gasteiger partial charge in [0.1, 0.15) is 0 Å². The maximum Gasteiger partial charge on any atom is 0.208 e. The molecule has 0 spiro atoms. The number of aromatic hydroxyl groups is 2. The van der Waals surface area contributed by atoms with Gasteiger partial charge in [0.15, 0.2) is 11.5 Å². The van der Waals surface area contributed by atoms with Crippen LogP contribution in [-0.4, -0.2) is 16.0 Å². The van der Waals surface area contributed by atoms with Crippen LogP contribution >= 0.6 is 11.6 Å². The summed E-state index contributed by atoms with van der Waals surface area (Å²) in [6, 6.07) is 6.15. The van der Waals surface area contributed by atoms with E-state index in [-0.39, 0.29) is 17.2 Å². The zero-order valence-corrected chi connectivity index (χ0v) is 6.32. The van der Waals surface area contributed by atoms with Gasteiger partial charge < -0.3 is 10.2 Å². The van der Waals surface area contributed by atoms with E-state index in [1.807, 2.05) is 0 Å². The Morgan fingerprint density at radius 2 is 1.45 bits per heavy atom. The first-order chi connectivity index (χ1) is 5.22. The third-order valence-corrected chi connectivity index (χ3v) is 0.882. The van der Waals surface area contributed by atoms with Gasteiger partial charge in [0.25, 0.3) is 0 Å². The minimum atomic E-state index is -0.0764. The van der Waals surface area contributed by atoms with E-state index in [1.165, 1.54) is 12.1 Å². The fourth-order valence-corrected chi connectivity index (χ4v) is 0.464. The van der Waals surface area contributed by atoms with Crippen LogP contribution in [0.1, 0.15) is 0 Å². The van der Waals surface area contributed by atoms with E-state index in [0.717, 1.165) is 0 Å². The van der Waals surface area contributed by atoms with Crippen LogP contribution in [0.25, 0.3) is 0 Å². The van der Waals surface area contributed by atoms with E-state index >= 15 is 0 Å². The van der Waals surface area contributed by atoms with Crippen molar-refractivity contribution >= 4 is 17.3 Å². The number of rotatable bonds is 0. The SMILES string of the molecule is O=CCl.Oc1ccccc1O. The minimum absolute atomic E-state index is 0.0764. The maximum absolute atomic E-state index is 8.67. The molecule has 0 unspecified atom stereocenters. The van der Waals surface area contributed by atoms with Crippen molar-refractivity contribution < 1.29 is 15.0 Å². The quantitative estimate of drug-likeness (QED) is 0.356. The van der Waals surface area contributed by atoms with Crippen molar-refractivity contribution in [3.63, 3.8) is 0 Å². The average molecular weight is 175 g/mol. The standard InChI is InChI=1S/C6H6O2.CHClO/c7-5-3-1-2-4-6(5)8;2-1-3/h1-4,7-8H;1H. The minimum Gasteiger partial charge on any atom is -0.504 e. The molecule has 0 aliphatic rings. The molecule has 11 heavy (non-hydrogen) atoms. The van der Waals surface area contributed by atoms with Crippen molar-refractivity contribution in [3.8, 4) is 11.5 Å². The predicted octanol–water partition coefficient (Wildman–Crippen LogP) is 1.51. The van der Waals surface area contributed by atoms with Crippen molar-refractivity contribution in [1.82, 2.24) is 0 Å². The van der Waals surface area contributed by atoms with Crippen LogP contribution in [0.2, 0.25) is 0 Å². The molecule has 4 heteroatoms. The lowest BCUT2D eigenvalue weighted by Gasteiger charge is -1.91. The van der Waals surface area contributed by atoms with E-state index in [1.54, 1.807) is 12.1 Å². The Bertz CT molecular complexity index is 204. The van der Waals surface area contributed by atoms with Gasteiger partial charge in [0.05, 0.1) is 0 Å². The molecule has 1 aromatic rings. The molecule has 0 fully saturated rings. The predicted molar refractivity (Wildman–Crippen MR) is 42.4 cm³/mol. The van der Waals surface area contributed by atoms with Gasteiger partial charge in [0.2, 0.25) is 5.75 Å². The summed E-state index contributed by atoms with van der Waals surface area (Å²) in [7, 11) is 0. The highest BCUT2D eigenvalue weighted by Gasteiger charge is 1.90. The van der Waals surface area contributed by atoms with Gasteiger partial charge >= 0.3 is 0 Å². The molecular weight excluding hydrogens is 168 g/mol. The highest BCUT2D eigenvalue weighted by Crippen LogP contribution is 2.21. The topological polar surface area (TPSA) is 57.5 Å².